The molecular formula is C15H20N2O4. The minimum Gasteiger partial charge on any atom is -0.490 e. The monoisotopic (exact) mass is 292 g/mol. The lowest BCUT2D eigenvalue weighted by Crippen LogP contribution is -2.38. The van der Waals surface area contributed by atoms with Crippen LogP contribution in [0.25, 0.3) is 0 Å². The first-order valence-electron chi connectivity index (χ1n) is 7.14. The van der Waals surface area contributed by atoms with Gasteiger partial charge in [-0.15, -0.1) is 0 Å². The fourth-order valence-corrected chi connectivity index (χ4v) is 2.80. The number of nitrogens with zero attached hydrogens (tertiary/aromatic N) is 2. The van der Waals surface area contributed by atoms with E-state index in [0.717, 1.165) is 25.7 Å². The Balaban J connectivity index is 2.22. The molecule has 1 saturated carbocycles. The number of rotatable bonds is 4. The van der Waals surface area contributed by atoms with Crippen LogP contribution in [0, 0.1) is 10.1 Å². The summed E-state index contributed by atoms with van der Waals surface area (Å²) < 4.78 is 4.95. The molecule has 1 aliphatic rings. The third kappa shape index (κ3) is 3.32. The first-order valence-corrected chi connectivity index (χ1v) is 7.14. The molecule has 0 unspecified atom stereocenters. The van der Waals surface area contributed by atoms with Gasteiger partial charge in [0.1, 0.15) is 0 Å². The van der Waals surface area contributed by atoms with E-state index in [9.17, 15) is 14.9 Å². The predicted octanol–water partition coefficient (Wildman–Crippen LogP) is 3.01. The maximum atomic E-state index is 12.5. The molecule has 0 N–H and O–H groups in total. The minimum atomic E-state index is -0.532. The average Bonchev–Trinajstić information content (AvgIpc) is 2.53. The van der Waals surface area contributed by atoms with E-state index >= 15 is 0 Å². The molecule has 6 nitrogen and oxygen atoms in total. The molecule has 0 aliphatic heterocycles. The highest BCUT2D eigenvalue weighted by Gasteiger charge is 2.25. The molecule has 0 radical (unpaired) electrons. The molecule has 0 bridgehead atoms. The highest BCUT2D eigenvalue weighted by Crippen LogP contribution is 2.29. The van der Waals surface area contributed by atoms with Gasteiger partial charge in [-0.25, -0.2) is 0 Å². The van der Waals surface area contributed by atoms with Crippen molar-refractivity contribution in [1.29, 1.82) is 0 Å². The van der Waals surface area contributed by atoms with E-state index in [1.165, 1.54) is 25.7 Å². The molecule has 114 valence electrons. The molecule has 0 aromatic heterocycles. The fourth-order valence-electron chi connectivity index (χ4n) is 2.80. The predicted molar refractivity (Wildman–Crippen MR) is 78.6 cm³/mol. The largest absolute Gasteiger partial charge is 0.490 e. The fraction of sp³-hybridized carbons (Fsp3) is 0.533. The van der Waals surface area contributed by atoms with Crippen molar-refractivity contribution in [2.24, 2.45) is 0 Å². The number of benzene rings is 1. The van der Waals surface area contributed by atoms with Crippen molar-refractivity contribution in [3.05, 3.63) is 33.9 Å². The summed E-state index contributed by atoms with van der Waals surface area (Å²) in [6, 6.07) is 4.57. The molecule has 0 saturated heterocycles. The second kappa shape index (κ2) is 6.56. The Hall–Kier alpha value is -2.11. The van der Waals surface area contributed by atoms with Crippen LogP contribution in [0.4, 0.5) is 5.69 Å². The van der Waals surface area contributed by atoms with Crippen molar-refractivity contribution in [2.45, 2.75) is 38.1 Å². The standard InChI is InChI=1S/C15H20N2O4/c1-16(12-6-4-3-5-7-12)15(18)11-8-9-14(21-2)13(10-11)17(19)20/h8-10,12H,3-7H2,1-2H3. The molecule has 0 atom stereocenters. The summed E-state index contributed by atoms with van der Waals surface area (Å²) in [6.45, 7) is 0. The topological polar surface area (TPSA) is 72.7 Å². The van der Waals surface area contributed by atoms with Crippen molar-refractivity contribution in [3.8, 4) is 5.75 Å². The average molecular weight is 292 g/mol. The molecule has 1 fully saturated rings. The van der Waals surface area contributed by atoms with Gasteiger partial charge in [0.25, 0.3) is 5.91 Å². The number of ether oxygens (including phenoxy) is 1. The van der Waals surface area contributed by atoms with E-state index in [1.54, 1.807) is 18.0 Å². The highest BCUT2D eigenvalue weighted by molar-refractivity contribution is 5.95. The van der Waals surface area contributed by atoms with Crippen molar-refractivity contribution >= 4 is 11.6 Å². The molecule has 2 rings (SSSR count). The third-order valence-corrected chi connectivity index (χ3v) is 4.07. The van der Waals surface area contributed by atoms with E-state index in [2.05, 4.69) is 0 Å². The summed E-state index contributed by atoms with van der Waals surface area (Å²) in [7, 11) is 3.15. The van der Waals surface area contributed by atoms with Gasteiger partial charge in [-0.05, 0) is 25.0 Å². The van der Waals surface area contributed by atoms with Gasteiger partial charge in [-0.1, -0.05) is 19.3 Å². The number of hydrogen-bond donors (Lipinski definition) is 0. The number of nitro benzene ring substituents is 1. The number of hydrogen-bond acceptors (Lipinski definition) is 4. The van der Waals surface area contributed by atoms with Gasteiger partial charge in [0.05, 0.1) is 12.0 Å². The Bertz CT molecular complexity index is 538. The van der Waals surface area contributed by atoms with Crippen LogP contribution in [-0.2, 0) is 0 Å². The Morgan fingerprint density at radius 3 is 2.57 bits per heavy atom. The lowest BCUT2D eigenvalue weighted by Gasteiger charge is -2.31. The van der Waals surface area contributed by atoms with Crippen molar-refractivity contribution in [2.75, 3.05) is 14.2 Å². The van der Waals surface area contributed by atoms with E-state index in [-0.39, 0.29) is 23.4 Å². The normalized spacial score (nSPS) is 15.5. The van der Waals surface area contributed by atoms with E-state index in [4.69, 9.17) is 4.74 Å². The zero-order valence-corrected chi connectivity index (χ0v) is 12.4. The van der Waals surface area contributed by atoms with E-state index in [1.807, 2.05) is 0 Å². The second-order valence-electron chi connectivity index (χ2n) is 5.35. The first-order chi connectivity index (χ1) is 10.0. The van der Waals surface area contributed by atoms with Crippen LogP contribution in [0.5, 0.6) is 5.75 Å². The molecule has 0 spiro atoms. The van der Waals surface area contributed by atoms with Gasteiger partial charge >= 0.3 is 5.69 Å². The van der Waals surface area contributed by atoms with Gasteiger partial charge < -0.3 is 9.64 Å². The van der Waals surface area contributed by atoms with Crippen LogP contribution in [0.2, 0.25) is 0 Å². The van der Waals surface area contributed by atoms with Crippen LogP contribution in [0.1, 0.15) is 42.5 Å². The molecule has 0 heterocycles. The number of methoxy groups -OCH3 is 1. The quantitative estimate of drug-likeness (QED) is 0.631. The van der Waals surface area contributed by atoms with Gasteiger partial charge in [-0.3, -0.25) is 14.9 Å². The second-order valence-corrected chi connectivity index (χ2v) is 5.35. The summed E-state index contributed by atoms with van der Waals surface area (Å²) >= 11 is 0. The van der Waals surface area contributed by atoms with Gasteiger partial charge in [0.15, 0.2) is 5.75 Å². The zero-order valence-electron chi connectivity index (χ0n) is 12.4. The van der Waals surface area contributed by atoms with Crippen LogP contribution in [0.15, 0.2) is 18.2 Å². The molecule has 1 amide bonds. The number of carbonyl (C=O) groups excluding carboxylic acids is 1. The Morgan fingerprint density at radius 1 is 1.33 bits per heavy atom. The summed E-state index contributed by atoms with van der Waals surface area (Å²) in [5, 5.41) is 11.0. The van der Waals surface area contributed by atoms with E-state index in [0.29, 0.717) is 5.56 Å². The van der Waals surface area contributed by atoms with Crippen LogP contribution in [-0.4, -0.2) is 35.9 Å². The molecule has 6 heteroatoms. The SMILES string of the molecule is COc1ccc(C(=O)N(C)C2CCCCC2)cc1[N+](=O)[O-]. The highest BCUT2D eigenvalue weighted by atomic mass is 16.6. The third-order valence-electron chi connectivity index (χ3n) is 4.07. The molecule has 1 aromatic carbocycles. The lowest BCUT2D eigenvalue weighted by molar-refractivity contribution is -0.385. The molecule has 1 aliphatic carbocycles. The smallest absolute Gasteiger partial charge is 0.311 e. The Morgan fingerprint density at radius 2 is 2.00 bits per heavy atom. The lowest BCUT2D eigenvalue weighted by atomic mass is 9.94. The van der Waals surface area contributed by atoms with Crippen LogP contribution < -0.4 is 4.74 Å². The first kappa shape index (κ1) is 15.3. The Kier molecular flexibility index (Phi) is 4.77. The zero-order chi connectivity index (χ0) is 15.4. The summed E-state index contributed by atoms with van der Waals surface area (Å²) in [5.41, 5.74) is 0.149. The van der Waals surface area contributed by atoms with Crippen LogP contribution >= 0.6 is 0 Å². The molecule has 21 heavy (non-hydrogen) atoms. The molecule has 1 aromatic rings. The molecular weight excluding hydrogens is 272 g/mol. The van der Waals surface area contributed by atoms with Gasteiger partial charge in [0, 0.05) is 24.7 Å². The maximum absolute atomic E-state index is 12.5. The van der Waals surface area contributed by atoms with Crippen molar-refractivity contribution in [1.82, 2.24) is 4.90 Å². The number of nitro groups is 1. The summed E-state index contributed by atoms with van der Waals surface area (Å²) in [5.74, 6) is -0.00970. The van der Waals surface area contributed by atoms with Crippen LogP contribution in [0.3, 0.4) is 0 Å². The van der Waals surface area contributed by atoms with Crippen molar-refractivity contribution in [3.63, 3.8) is 0 Å². The maximum Gasteiger partial charge on any atom is 0.311 e. The summed E-state index contributed by atoms with van der Waals surface area (Å²) in [4.78, 5) is 24.7. The number of amides is 1. The van der Waals surface area contributed by atoms with Gasteiger partial charge in [-0.2, -0.15) is 0 Å². The Labute approximate surface area is 123 Å². The van der Waals surface area contributed by atoms with Gasteiger partial charge in [0.2, 0.25) is 0 Å². The summed E-state index contributed by atoms with van der Waals surface area (Å²) in [6.07, 6.45) is 5.48. The minimum absolute atomic E-state index is 0.164. The van der Waals surface area contributed by atoms with E-state index < -0.39 is 4.92 Å². The van der Waals surface area contributed by atoms with Crippen molar-refractivity contribution < 1.29 is 14.5 Å². The number of carbonyl (C=O) groups is 1.